The van der Waals surface area contributed by atoms with Gasteiger partial charge in [0.1, 0.15) is 0 Å². The fourth-order valence-electron chi connectivity index (χ4n) is 3.15. The van der Waals surface area contributed by atoms with Crippen LogP contribution in [0.5, 0.6) is 11.5 Å². The molecule has 1 fully saturated rings. The summed E-state index contributed by atoms with van der Waals surface area (Å²) in [5, 5.41) is 2.95. The summed E-state index contributed by atoms with van der Waals surface area (Å²) in [5.41, 5.74) is 2.93. The van der Waals surface area contributed by atoms with Crippen LogP contribution >= 0.6 is 0 Å². The summed E-state index contributed by atoms with van der Waals surface area (Å²) in [4.78, 5) is 23.0. The molecule has 1 aliphatic heterocycles. The molecule has 0 bridgehead atoms. The van der Waals surface area contributed by atoms with Crippen molar-refractivity contribution in [3.05, 3.63) is 41.2 Å². The van der Waals surface area contributed by atoms with Crippen LogP contribution in [0, 0.1) is 0 Å². The van der Waals surface area contributed by atoms with Gasteiger partial charge in [-0.3, -0.25) is 4.79 Å². The number of hydrogen-bond acceptors (Lipinski definition) is 6. The SMILES string of the molecule is COc1cc2c(cc1OC)CN(c1ncc(C(=O)NC3CC3)cn1)CC2. The third kappa shape index (κ3) is 3.29. The van der Waals surface area contributed by atoms with E-state index < -0.39 is 0 Å². The van der Waals surface area contributed by atoms with Crippen LogP contribution < -0.4 is 19.7 Å². The maximum Gasteiger partial charge on any atom is 0.254 e. The highest BCUT2D eigenvalue weighted by Crippen LogP contribution is 2.33. The predicted molar refractivity (Wildman–Crippen MR) is 96.8 cm³/mol. The van der Waals surface area contributed by atoms with E-state index >= 15 is 0 Å². The van der Waals surface area contributed by atoms with Crippen molar-refractivity contribution in [2.24, 2.45) is 0 Å². The number of ether oxygens (including phenoxy) is 2. The number of amides is 1. The molecule has 2 heterocycles. The van der Waals surface area contributed by atoms with Crippen molar-refractivity contribution < 1.29 is 14.3 Å². The monoisotopic (exact) mass is 354 g/mol. The Bertz CT molecular complexity index is 818. The second-order valence-corrected chi connectivity index (χ2v) is 6.67. The third-order valence-electron chi connectivity index (χ3n) is 4.81. The van der Waals surface area contributed by atoms with E-state index in [4.69, 9.17) is 9.47 Å². The lowest BCUT2D eigenvalue weighted by atomic mass is 9.99. The van der Waals surface area contributed by atoms with Gasteiger partial charge in [-0.2, -0.15) is 0 Å². The van der Waals surface area contributed by atoms with Crippen molar-refractivity contribution in [2.45, 2.75) is 31.8 Å². The van der Waals surface area contributed by atoms with Crippen molar-refractivity contribution in [3.63, 3.8) is 0 Å². The Balaban J connectivity index is 1.50. The topological polar surface area (TPSA) is 76.6 Å². The van der Waals surface area contributed by atoms with E-state index in [-0.39, 0.29) is 5.91 Å². The van der Waals surface area contributed by atoms with Gasteiger partial charge in [0.25, 0.3) is 5.91 Å². The number of fused-ring (bicyclic) bond motifs is 1. The van der Waals surface area contributed by atoms with Crippen molar-refractivity contribution in [2.75, 3.05) is 25.7 Å². The van der Waals surface area contributed by atoms with Gasteiger partial charge < -0.3 is 19.7 Å². The van der Waals surface area contributed by atoms with Crippen LogP contribution in [0.3, 0.4) is 0 Å². The number of rotatable bonds is 5. The number of benzene rings is 1. The molecule has 136 valence electrons. The number of aromatic nitrogens is 2. The number of anilines is 1. The molecule has 0 radical (unpaired) electrons. The first-order valence-electron chi connectivity index (χ1n) is 8.79. The molecule has 1 amide bonds. The Labute approximate surface area is 152 Å². The standard InChI is InChI=1S/C19H22N4O3/c1-25-16-7-12-5-6-23(11-13(12)8-17(16)26-2)19-20-9-14(10-21-19)18(24)22-15-3-4-15/h7-10,15H,3-6,11H2,1-2H3,(H,22,24). The highest BCUT2D eigenvalue weighted by molar-refractivity contribution is 5.94. The minimum atomic E-state index is -0.0973. The molecule has 1 aliphatic carbocycles. The lowest BCUT2D eigenvalue weighted by Gasteiger charge is -2.29. The zero-order valence-electron chi connectivity index (χ0n) is 15.0. The molecular weight excluding hydrogens is 332 g/mol. The Morgan fingerprint density at radius 3 is 2.38 bits per heavy atom. The van der Waals surface area contributed by atoms with Gasteiger partial charge in [-0.05, 0) is 42.5 Å². The molecule has 0 spiro atoms. The maximum absolute atomic E-state index is 12.0. The normalized spacial score (nSPS) is 16.0. The summed E-state index contributed by atoms with van der Waals surface area (Å²) in [5.74, 6) is 2.01. The van der Waals surface area contributed by atoms with E-state index in [0.29, 0.717) is 24.1 Å². The number of carbonyl (C=O) groups excluding carboxylic acids is 1. The van der Waals surface area contributed by atoms with Gasteiger partial charge in [-0.1, -0.05) is 0 Å². The number of methoxy groups -OCH3 is 2. The number of nitrogens with one attached hydrogen (secondary N) is 1. The van der Waals surface area contributed by atoms with E-state index in [1.807, 2.05) is 12.1 Å². The van der Waals surface area contributed by atoms with Gasteiger partial charge in [0, 0.05) is 31.5 Å². The second-order valence-electron chi connectivity index (χ2n) is 6.67. The molecule has 1 N–H and O–H groups in total. The van der Waals surface area contributed by atoms with Gasteiger partial charge in [0.2, 0.25) is 5.95 Å². The van der Waals surface area contributed by atoms with Crippen molar-refractivity contribution >= 4 is 11.9 Å². The third-order valence-corrected chi connectivity index (χ3v) is 4.81. The summed E-state index contributed by atoms with van der Waals surface area (Å²) in [7, 11) is 3.29. The largest absolute Gasteiger partial charge is 0.493 e. The van der Waals surface area contributed by atoms with Crippen molar-refractivity contribution in [1.29, 1.82) is 0 Å². The summed E-state index contributed by atoms with van der Waals surface area (Å²) in [6, 6.07) is 4.38. The molecule has 0 unspecified atom stereocenters. The zero-order chi connectivity index (χ0) is 18.1. The summed E-state index contributed by atoms with van der Waals surface area (Å²) in [6.07, 6.45) is 6.20. The Hall–Kier alpha value is -2.83. The average Bonchev–Trinajstić information content (AvgIpc) is 3.50. The van der Waals surface area contributed by atoms with E-state index in [0.717, 1.165) is 37.3 Å². The molecular formula is C19H22N4O3. The molecule has 0 atom stereocenters. The van der Waals surface area contributed by atoms with Crippen molar-refractivity contribution in [1.82, 2.24) is 15.3 Å². The molecule has 1 aromatic carbocycles. The Morgan fingerprint density at radius 2 is 1.77 bits per heavy atom. The maximum atomic E-state index is 12.0. The lowest BCUT2D eigenvalue weighted by molar-refractivity contribution is 0.0950. The molecule has 0 saturated heterocycles. The van der Waals surface area contributed by atoms with Crippen LogP contribution in [0.15, 0.2) is 24.5 Å². The molecule has 26 heavy (non-hydrogen) atoms. The fraction of sp³-hybridized carbons (Fsp3) is 0.421. The first kappa shape index (κ1) is 16.6. The van der Waals surface area contributed by atoms with Crippen molar-refractivity contribution in [3.8, 4) is 11.5 Å². The van der Waals surface area contributed by atoms with Crippen LogP contribution in [-0.4, -0.2) is 42.7 Å². The van der Waals surface area contributed by atoms with Gasteiger partial charge in [0.15, 0.2) is 11.5 Å². The fourth-order valence-corrected chi connectivity index (χ4v) is 3.15. The van der Waals surface area contributed by atoms with E-state index in [1.54, 1.807) is 26.6 Å². The lowest BCUT2D eigenvalue weighted by Crippen LogP contribution is -2.32. The van der Waals surface area contributed by atoms with Crippen LogP contribution in [0.25, 0.3) is 0 Å². The predicted octanol–water partition coefficient (Wildman–Crippen LogP) is 1.95. The molecule has 1 aromatic heterocycles. The van der Waals surface area contributed by atoms with E-state index in [9.17, 15) is 4.79 Å². The van der Waals surface area contributed by atoms with Gasteiger partial charge in [-0.15, -0.1) is 0 Å². The first-order valence-corrected chi connectivity index (χ1v) is 8.79. The molecule has 1 saturated carbocycles. The average molecular weight is 354 g/mol. The highest BCUT2D eigenvalue weighted by Gasteiger charge is 2.25. The summed E-state index contributed by atoms with van der Waals surface area (Å²) >= 11 is 0. The quantitative estimate of drug-likeness (QED) is 0.884. The van der Waals surface area contributed by atoms with Gasteiger partial charge >= 0.3 is 0 Å². The molecule has 2 aromatic rings. The van der Waals surface area contributed by atoms with Crippen LogP contribution in [0.2, 0.25) is 0 Å². The highest BCUT2D eigenvalue weighted by atomic mass is 16.5. The van der Waals surface area contributed by atoms with Crippen LogP contribution in [0.1, 0.15) is 34.3 Å². The smallest absolute Gasteiger partial charge is 0.254 e. The molecule has 7 nitrogen and oxygen atoms in total. The molecule has 2 aliphatic rings. The number of nitrogens with zero attached hydrogens (tertiary/aromatic N) is 3. The van der Waals surface area contributed by atoms with E-state index in [2.05, 4.69) is 20.2 Å². The molecule has 7 heteroatoms. The Kier molecular flexibility index (Phi) is 4.36. The summed E-state index contributed by atoms with van der Waals surface area (Å²) in [6.45, 7) is 1.51. The van der Waals surface area contributed by atoms with Gasteiger partial charge in [0.05, 0.1) is 19.8 Å². The second kappa shape index (κ2) is 6.82. The van der Waals surface area contributed by atoms with E-state index in [1.165, 1.54) is 11.1 Å². The van der Waals surface area contributed by atoms with Gasteiger partial charge in [-0.25, -0.2) is 9.97 Å². The zero-order valence-corrected chi connectivity index (χ0v) is 15.0. The minimum Gasteiger partial charge on any atom is -0.493 e. The number of hydrogen-bond donors (Lipinski definition) is 1. The summed E-state index contributed by atoms with van der Waals surface area (Å²) < 4.78 is 10.8. The Morgan fingerprint density at radius 1 is 1.12 bits per heavy atom. The first-order chi connectivity index (χ1) is 12.7. The van der Waals surface area contributed by atoms with Crippen LogP contribution in [-0.2, 0) is 13.0 Å². The number of carbonyl (C=O) groups is 1. The minimum absolute atomic E-state index is 0.0973. The van der Waals surface area contributed by atoms with Crippen LogP contribution in [0.4, 0.5) is 5.95 Å². The molecule has 4 rings (SSSR count).